The Morgan fingerprint density at radius 1 is 1.16 bits per heavy atom. The van der Waals surface area contributed by atoms with Crippen molar-refractivity contribution in [3.05, 3.63) is 68.5 Å². The molecule has 1 aromatic heterocycles. The summed E-state index contributed by atoms with van der Waals surface area (Å²) in [6.07, 6.45) is 0. The highest BCUT2D eigenvalue weighted by molar-refractivity contribution is 6.31. The Morgan fingerprint density at radius 2 is 1.84 bits per heavy atom. The first-order valence-electron chi connectivity index (χ1n) is 7.99. The average molecular weight is 356 g/mol. The first kappa shape index (κ1) is 17.2. The van der Waals surface area contributed by atoms with Gasteiger partial charge in [-0.2, -0.15) is 5.10 Å². The zero-order chi connectivity index (χ0) is 18.1. The van der Waals surface area contributed by atoms with Gasteiger partial charge in [-0.15, -0.1) is 0 Å². The Bertz CT molecular complexity index is 1020. The minimum atomic E-state index is -0.529. The van der Waals surface area contributed by atoms with E-state index in [0.717, 1.165) is 11.1 Å². The maximum absolute atomic E-state index is 12.7. The number of nitrogens with zero attached hydrogens (tertiary/aromatic N) is 2. The van der Waals surface area contributed by atoms with Crippen LogP contribution in [0.1, 0.15) is 28.5 Å². The van der Waals surface area contributed by atoms with E-state index in [0.29, 0.717) is 28.2 Å². The van der Waals surface area contributed by atoms with E-state index in [-0.39, 0.29) is 5.69 Å². The summed E-state index contributed by atoms with van der Waals surface area (Å²) in [5.41, 5.74) is 2.77. The monoisotopic (exact) mass is 355 g/mol. The van der Waals surface area contributed by atoms with Gasteiger partial charge in [0.25, 0.3) is 5.91 Å². The Morgan fingerprint density at radius 3 is 2.48 bits per heavy atom. The molecule has 0 bridgehead atoms. The molecule has 1 amide bonds. The number of anilines is 1. The van der Waals surface area contributed by atoms with E-state index in [9.17, 15) is 9.59 Å². The molecular weight excluding hydrogens is 338 g/mol. The van der Waals surface area contributed by atoms with E-state index in [1.165, 1.54) is 0 Å². The number of benzene rings is 2. The molecule has 1 N–H and O–H groups in total. The predicted molar refractivity (Wildman–Crippen MR) is 101 cm³/mol. The van der Waals surface area contributed by atoms with Gasteiger partial charge >= 0.3 is 0 Å². The van der Waals surface area contributed by atoms with Crippen LogP contribution < -0.4 is 10.7 Å². The number of hydrogen-bond acceptors (Lipinski definition) is 3. The fourth-order valence-corrected chi connectivity index (χ4v) is 3.06. The normalized spacial score (nSPS) is 10.9. The Balaban J connectivity index is 2.09. The molecule has 0 radical (unpaired) electrons. The van der Waals surface area contributed by atoms with Crippen LogP contribution in [0, 0.1) is 13.8 Å². The summed E-state index contributed by atoms with van der Waals surface area (Å²) in [6.45, 7) is 6.32. The van der Waals surface area contributed by atoms with Crippen molar-refractivity contribution in [3.8, 4) is 0 Å². The number of aryl methyl sites for hydroxylation is 3. The Hall–Kier alpha value is -2.66. The van der Waals surface area contributed by atoms with Crippen LogP contribution in [0.15, 0.2) is 41.2 Å². The number of halogens is 1. The van der Waals surface area contributed by atoms with Crippen molar-refractivity contribution in [1.82, 2.24) is 9.78 Å². The van der Waals surface area contributed by atoms with E-state index >= 15 is 0 Å². The van der Waals surface area contributed by atoms with Gasteiger partial charge < -0.3 is 5.32 Å². The lowest BCUT2D eigenvalue weighted by Gasteiger charge is -2.11. The minimum absolute atomic E-state index is 0.143. The predicted octanol–water partition coefficient (Wildman–Crippen LogP) is 3.94. The summed E-state index contributed by atoms with van der Waals surface area (Å²) in [5, 5.41) is 7.83. The summed E-state index contributed by atoms with van der Waals surface area (Å²) >= 11 is 6.01. The molecule has 3 rings (SSSR count). The molecule has 0 saturated heterocycles. The summed E-state index contributed by atoms with van der Waals surface area (Å²) < 4.78 is 1.63. The van der Waals surface area contributed by atoms with Crippen molar-refractivity contribution < 1.29 is 4.79 Å². The number of aromatic nitrogens is 2. The van der Waals surface area contributed by atoms with Crippen molar-refractivity contribution in [1.29, 1.82) is 0 Å². The van der Waals surface area contributed by atoms with Crippen LogP contribution in [-0.2, 0) is 6.54 Å². The maximum atomic E-state index is 12.7. The van der Waals surface area contributed by atoms with Crippen LogP contribution in [0.3, 0.4) is 0 Å². The molecule has 0 fully saturated rings. The minimum Gasteiger partial charge on any atom is -0.320 e. The number of fused-ring (bicyclic) bond motifs is 1. The van der Waals surface area contributed by atoms with Crippen LogP contribution in [0.4, 0.5) is 5.69 Å². The molecule has 0 unspecified atom stereocenters. The van der Waals surface area contributed by atoms with Crippen LogP contribution in [-0.4, -0.2) is 15.7 Å². The molecule has 0 saturated carbocycles. The van der Waals surface area contributed by atoms with Gasteiger partial charge in [-0.25, -0.2) is 0 Å². The van der Waals surface area contributed by atoms with Gasteiger partial charge in [-0.05, 0) is 62.2 Å². The van der Waals surface area contributed by atoms with Gasteiger partial charge in [0, 0.05) is 17.3 Å². The Labute approximate surface area is 150 Å². The number of amides is 1. The Kier molecular flexibility index (Phi) is 4.59. The van der Waals surface area contributed by atoms with Crippen LogP contribution in [0.25, 0.3) is 10.9 Å². The highest BCUT2D eigenvalue weighted by atomic mass is 35.5. The second kappa shape index (κ2) is 6.69. The summed E-state index contributed by atoms with van der Waals surface area (Å²) in [5.74, 6) is -0.529. The molecule has 128 valence electrons. The second-order valence-corrected chi connectivity index (χ2v) is 6.42. The number of carbonyl (C=O) groups is 1. The second-order valence-electron chi connectivity index (χ2n) is 5.99. The van der Waals surface area contributed by atoms with Crippen LogP contribution in [0.2, 0.25) is 5.02 Å². The lowest BCUT2D eigenvalue weighted by Crippen LogP contribution is -2.27. The van der Waals surface area contributed by atoms with Gasteiger partial charge in [0.15, 0.2) is 5.69 Å². The average Bonchev–Trinajstić information content (AvgIpc) is 2.54. The standard InChI is InChI=1S/C19H18ClN3O2/c1-4-23-16-6-5-13(20)10-15(16)18(24)17(22-23)19(25)21-14-8-11(2)7-12(3)9-14/h5-10H,4H2,1-3H3,(H,21,25). The zero-order valence-corrected chi connectivity index (χ0v) is 15.0. The molecule has 6 heteroatoms. The lowest BCUT2D eigenvalue weighted by molar-refractivity contribution is 0.101. The van der Waals surface area contributed by atoms with Crippen molar-refractivity contribution in [2.45, 2.75) is 27.3 Å². The van der Waals surface area contributed by atoms with Crippen LogP contribution in [0.5, 0.6) is 0 Å². The molecule has 0 aliphatic carbocycles. The maximum Gasteiger partial charge on any atom is 0.280 e. The molecule has 1 heterocycles. The third kappa shape index (κ3) is 3.42. The third-order valence-corrected chi connectivity index (χ3v) is 4.15. The van der Waals surface area contributed by atoms with Gasteiger partial charge in [0.1, 0.15) is 0 Å². The largest absolute Gasteiger partial charge is 0.320 e. The summed E-state index contributed by atoms with van der Waals surface area (Å²) in [6, 6.07) is 10.7. The lowest BCUT2D eigenvalue weighted by atomic mass is 10.1. The molecule has 2 aromatic carbocycles. The van der Waals surface area contributed by atoms with E-state index in [1.54, 1.807) is 22.9 Å². The number of nitrogens with one attached hydrogen (secondary N) is 1. The van der Waals surface area contributed by atoms with Crippen molar-refractivity contribution in [3.63, 3.8) is 0 Å². The molecule has 0 aliphatic heterocycles. The fourth-order valence-electron chi connectivity index (χ4n) is 2.89. The fraction of sp³-hybridized carbons (Fsp3) is 0.211. The molecular formula is C19H18ClN3O2. The van der Waals surface area contributed by atoms with E-state index in [4.69, 9.17) is 11.6 Å². The van der Waals surface area contributed by atoms with Gasteiger partial charge in [-0.3, -0.25) is 14.3 Å². The SMILES string of the molecule is CCn1nc(C(=O)Nc2cc(C)cc(C)c2)c(=O)c2cc(Cl)ccc21. The topological polar surface area (TPSA) is 64.0 Å². The first-order valence-corrected chi connectivity index (χ1v) is 8.37. The summed E-state index contributed by atoms with van der Waals surface area (Å²) in [4.78, 5) is 25.4. The van der Waals surface area contributed by atoms with Crippen molar-refractivity contribution >= 4 is 34.1 Å². The quantitative estimate of drug-likeness (QED) is 0.774. The highest BCUT2D eigenvalue weighted by Gasteiger charge is 2.17. The third-order valence-electron chi connectivity index (χ3n) is 3.91. The molecule has 25 heavy (non-hydrogen) atoms. The summed E-state index contributed by atoms with van der Waals surface area (Å²) in [7, 11) is 0. The van der Waals surface area contributed by atoms with Crippen molar-refractivity contribution in [2.24, 2.45) is 0 Å². The smallest absolute Gasteiger partial charge is 0.280 e. The van der Waals surface area contributed by atoms with Gasteiger partial charge in [0.2, 0.25) is 5.43 Å². The number of carbonyl (C=O) groups excluding carboxylic acids is 1. The first-order chi connectivity index (χ1) is 11.9. The molecule has 0 atom stereocenters. The number of rotatable bonds is 3. The van der Waals surface area contributed by atoms with Gasteiger partial charge in [-0.1, -0.05) is 17.7 Å². The molecule has 0 aliphatic rings. The zero-order valence-electron chi connectivity index (χ0n) is 14.3. The van der Waals surface area contributed by atoms with E-state index < -0.39 is 11.3 Å². The molecule has 3 aromatic rings. The number of hydrogen-bond donors (Lipinski definition) is 1. The van der Waals surface area contributed by atoms with E-state index in [2.05, 4.69) is 10.4 Å². The highest BCUT2D eigenvalue weighted by Crippen LogP contribution is 2.18. The van der Waals surface area contributed by atoms with Crippen molar-refractivity contribution in [2.75, 3.05) is 5.32 Å². The van der Waals surface area contributed by atoms with Crippen LogP contribution >= 0.6 is 11.6 Å². The molecule has 5 nitrogen and oxygen atoms in total. The van der Waals surface area contributed by atoms with E-state index in [1.807, 2.05) is 39.0 Å². The van der Waals surface area contributed by atoms with Gasteiger partial charge in [0.05, 0.1) is 10.9 Å². The molecule has 0 spiro atoms.